The second kappa shape index (κ2) is 6.75. The highest BCUT2D eigenvalue weighted by atomic mass is 32.1. The van der Waals surface area contributed by atoms with Gasteiger partial charge in [-0.2, -0.15) is 13.5 Å². The van der Waals surface area contributed by atoms with Crippen LogP contribution in [0.1, 0.15) is 27.7 Å². The number of hydrogen-bond donors (Lipinski definition) is 2. The van der Waals surface area contributed by atoms with E-state index in [-0.39, 0.29) is 19.3 Å². The molecule has 0 bridgehead atoms. The largest absolute Gasteiger partial charge is 0.453 e. The Kier molecular flexibility index (Phi) is 7.44. The number of alkyl carbamates (subject to hydrolysis) is 1. The summed E-state index contributed by atoms with van der Waals surface area (Å²) in [6.07, 6.45) is -1.67. The molecule has 0 aliphatic rings. The van der Waals surface area contributed by atoms with Crippen LogP contribution in [0.15, 0.2) is 0 Å². The van der Waals surface area contributed by atoms with E-state index in [4.69, 9.17) is 0 Å². The van der Waals surface area contributed by atoms with Crippen molar-refractivity contribution in [2.75, 3.05) is 7.11 Å². The first-order chi connectivity index (χ1) is 6.70. The third-order valence-electron chi connectivity index (χ3n) is 1.96. The zero-order chi connectivity index (χ0) is 12.2. The maximum Gasteiger partial charge on any atom is 0.407 e. The number of ketones is 1. The Morgan fingerprint density at radius 3 is 2.00 bits per heavy atom. The number of amides is 1. The van der Waals surface area contributed by atoms with Gasteiger partial charge in [0.15, 0.2) is 5.78 Å². The number of Topliss-reactive ketones (excluding diaryl/α,β-unsaturated/α-hetero) is 1. The van der Waals surface area contributed by atoms with Gasteiger partial charge in [-0.25, -0.2) is 4.79 Å². The molecule has 0 saturated carbocycles. The second-order valence-electron chi connectivity index (χ2n) is 4.47. The van der Waals surface area contributed by atoms with Crippen LogP contribution < -0.4 is 5.32 Å². The maximum atomic E-state index is 11.8. The Morgan fingerprint density at radius 2 is 1.75 bits per heavy atom. The fraction of sp³-hybridized carbons (Fsp3) is 0.800. The lowest BCUT2D eigenvalue weighted by molar-refractivity contribution is -0.130. The molecule has 0 radical (unpaired) electrons. The third kappa shape index (κ3) is 5.37. The average Bonchev–Trinajstić information content (AvgIpc) is 2.10. The smallest absolute Gasteiger partial charge is 0.407 e. The molecule has 2 N–H and O–H groups in total. The van der Waals surface area contributed by atoms with E-state index in [1.807, 2.05) is 0 Å². The van der Waals surface area contributed by atoms with E-state index in [0.717, 1.165) is 0 Å². The highest BCUT2D eigenvalue weighted by Crippen LogP contribution is 2.18. The van der Waals surface area contributed by atoms with Gasteiger partial charge in [0.25, 0.3) is 0 Å². The molecule has 0 heterocycles. The van der Waals surface area contributed by atoms with E-state index in [9.17, 15) is 14.7 Å². The quantitative estimate of drug-likeness (QED) is 0.778. The van der Waals surface area contributed by atoms with Crippen LogP contribution in [-0.4, -0.2) is 36.2 Å². The normalized spacial score (nSPS) is 14.4. The summed E-state index contributed by atoms with van der Waals surface area (Å²) in [6, 6.07) is -0.933. The second-order valence-corrected chi connectivity index (χ2v) is 4.47. The van der Waals surface area contributed by atoms with Gasteiger partial charge in [0, 0.05) is 5.41 Å². The molecule has 1 amide bonds. The van der Waals surface area contributed by atoms with E-state index < -0.39 is 23.7 Å². The first-order valence-corrected chi connectivity index (χ1v) is 4.77. The summed E-state index contributed by atoms with van der Waals surface area (Å²) in [5.74, 6) is -0.233. The fourth-order valence-corrected chi connectivity index (χ4v) is 1.06. The van der Waals surface area contributed by atoms with E-state index in [1.165, 1.54) is 14.0 Å². The highest BCUT2D eigenvalue weighted by molar-refractivity contribution is 7.59. The minimum Gasteiger partial charge on any atom is -0.453 e. The van der Waals surface area contributed by atoms with Crippen LogP contribution in [0.4, 0.5) is 4.79 Å². The number of methoxy groups -OCH3 is 1. The Bertz CT molecular complexity index is 248. The molecule has 6 heteroatoms. The zero-order valence-electron chi connectivity index (χ0n) is 10.3. The predicted molar refractivity (Wildman–Crippen MR) is 65.9 cm³/mol. The van der Waals surface area contributed by atoms with Crippen molar-refractivity contribution in [3.8, 4) is 0 Å². The van der Waals surface area contributed by atoms with Crippen molar-refractivity contribution in [1.29, 1.82) is 0 Å². The molecule has 0 aromatic heterocycles. The molecule has 96 valence electrons. The van der Waals surface area contributed by atoms with Crippen LogP contribution >= 0.6 is 13.5 Å². The van der Waals surface area contributed by atoms with Crippen molar-refractivity contribution >= 4 is 25.4 Å². The van der Waals surface area contributed by atoms with Crippen LogP contribution in [0.25, 0.3) is 0 Å². The fourth-order valence-electron chi connectivity index (χ4n) is 1.06. The molecule has 0 rings (SSSR count). The van der Waals surface area contributed by atoms with Crippen molar-refractivity contribution < 1.29 is 19.4 Å². The molecular formula is C10H21NO4S. The summed E-state index contributed by atoms with van der Waals surface area (Å²) < 4.78 is 4.38. The number of ether oxygens (including phenoxy) is 1. The minimum absolute atomic E-state index is 0. The SMILES string of the molecule is COC(=O)N[C@H](C(=O)C(C)(C)C)[C@@H](C)O.S. The molecular weight excluding hydrogens is 230 g/mol. The number of hydrogen-bond acceptors (Lipinski definition) is 4. The van der Waals surface area contributed by atoms with Crippen LogP contribution in [0.2, 0.25) is 0 Å². The number of rotatable bonds is 3. The Hall–Kier alpha value is -0.750. The molecule has 0 aromatic rings. The molecule has 0 fully saturated rings. The predicted octanol–water partition coefficient (Wildman–Crippen LogP) is 0.820. The summed E-state index contributed by atoms with van der Waals surface area (Å²) in [7, 11) is 1.20. The Labute approximate surface area is 103 Å². The third-order valence-corrected chi connectivity index (χ3v) is 1.96. The minimum atomic E-state index is -0.948. The van der Waals surface area contributed by atoms with Gasteiger partial charge in [0.2, 0.25) is 0 Å². The molecule has 0 aliphatic carbocycles. The molecule has 0 saturated heterocycles. The molecule has 0 aliphatic heterocycles. The Balaban J connectivity index is 0. The first-order valence-electron chi connectivity index (χ1n) is 4.77. The highest BCUT2D eigenvalue weighted by Gasteiger charge is 2.33. The monoisotopic (exact) mass is 251 g/mol. The van der Waals surface area contributed by atoms with E-state index in [1.54, 1.807) is 20.8 Å². The van der Waals surface area contributed by atoms with E-state index in [2.05, 4.69) is 10.1 Å². The summed E-state index contributed by atoms with van der Waals surface area (Å²) >= 11 is 0. The lowest BCUT2D eigenvalue weighted by Crippen LogP contribution is -2.51. The summed E-state index contributed by atoms with van der Waals surface area (Å²) in [5, 5.41) is 11.7. The van der Waals surface area contributed by atoms with Gasteiger partial charge >= 0.3 is 6.09 Å². The van der Waals surface area contributed by atoms with Crippen LogP contribution in [0, 0.1) is 5.41 Å². The molecule has 0 unspecified atom stereocenters. The number of nitrogens with one attached hydrogen (secondary N) is 1. The number of aliphatic hydroxyl groups excluding tert-OH is 1. The lowest BCUT2D eigenvalue weighted by atomic mass is 9.85. The number of carbonyl (C=O) groups excluding carboxylic acids is 2. The molecule has 0 spiro atoms. The molecule has 16 heavy (non-hydrogen) atoms. The van der Waals surface area contributed by atoms with Crippen molar-refractivity contribution in [3.63, 3.8) is 0 Å². The van der Waals surface area contributed by atoms with Gasteiger partial charge in [0.1, 0.15) is 6.04 Å². The standard InChI is InChI=1S/C10H19NO4.H2S/c1-6(12)7(11-9(14)15-5)8(13)10(2,3)4;/h6-7,12H,1-5H3,(H,11,14);1H2/t6-,7+;/m1./s1. The van der Waals surface area contributed by atoms with Gasteiger partial charge in [-0.1, -0.05) is 20.8 Å². The summed E-state index contributed by atoms with van der Waals surface area (Å²) in [4.78, 5) is 22.8. The number of carbonyl (C=O) groups is 2. The lowest BCUT2D eigenvalue weighted by Gasteiger charge is -2.26. The van der Waals surface area contributed by atoms with Crippen molar-refractivity contribution in [2.24, 2.45) is 5.41 Å². The average molecular weight is 251 g/mol. The van der Waals surface area contributed by atoms with Crippen molar-refractivity contribution in [3.05, 3.63) is 0 Å². The summed E-state index contributed by atoms with van der Waals surface area (Å²) in [5.41, 5.74) is -0.622. The van der Waals surface area contributed by atoms with Gasteiger partial charge in [-0.3, -0.25) is 4.79 Å². The van der Waals surface area contributed by atoms with Crippen LogP contribution in [0.3, 0.4) is 0 Å². The Morgan fingerprint density at radius 1 is 1.31 bits per heavy atom. The van der Waals surface area contributed by atoms with Gasteiger partial charge in [-0.05, 0) is 6.92 Å². The molecule has 0 aromatic carbocycles. The topological polar surface area (TPSA) is 75.6 Å². The molecule has 2 atom stereocenters. The molecule has 5 nitrogen and oxygen atoms in total. The van der Waals surface area contributed by atoms with Gasteiger partial charge in [-0.15, -0.1) is 0 Å². The summed E-state index contributed by atoms with van der Waals surface area (Å²) in [6.45, 7) is 6.63. The van der Waals surface area contributed by atoms with Gasteiger partial charge < -0.3 is 15.2 Å². The maximum absolute atomic E-state index is 11.8. The van der Waals surface area contributed by atoms with Crippen LogP contribution in [0.5, 0.6) is 0 Å². The van der Waals surface area contributed by atoms with Crippen molar-refractivity contribution in [1.82, 2.24) is 5.32 Å². The van der Waals surface area contributed by atoms with Crippen LogP contribution in [-0.2, 0) is 9.53 Å². The van der Waals surface area contributed by atoms with Crippen molar-refractivity contribution in [2.45, 2.75) is 39.8 Å². The van der Waals surface area contributed by atoms with E-state index >= 15 is 0 Å². The van der Waals surface area contributed by atoms with Gasteiger partial charge in [0.05, 0.1) is 13.2 Å². The van der Waals surface area contributed by atoms with E-state index in [0.29, 0.717) is 0 Å². The first kappa shape index (κ1) is 17.6. The number of aliphatic hydroxyl groups is 1. The zero-order valence-corrected chi connectivity index (χ0v) is 11.3.